The number of nitrogens with zero attached hydrogens (tertiary/aromatic N) is 3. The third-order valence-electron chi connectivity index (χ3n) is 3.56. The average molecular weight is 252 g/mol. The summed E-state index contributed by atoms with van der Waals surface area (Å²) in [5.41, 5.74) is 0. The fraction of sp³-hybridized carbons (Fsp3) is 0.929. The molecule has 0 radical (unpaired) electrons. The van der Waals surface area contributed by atoms with Gasteiger partial charge in [0.1, 0.15) is 0 Å². The first kappa shape index (κ1) is 15.4. The lowest BCUT2D eigenvalue weighted by Crippen LogP contribution is -2.57. The lowest BCUT2D eigenvalue weighted by atomic mass is 10.1. The Morgan fingerprint density at radius 2 is 2.00 bits per heavy atom. The highest BCUT2D eigenvalue weighted by Crippen LogP contribution is 2.13. The molecule has 1 aliphatic rings. The molecule has 0 amide bonds. The van der Waals surface area contributed by atoms with E-state index in [1.165, 1.54) is 0 Å². The Labute approximate surface area is 112 Å². The van der Waals surface area contributed by atoms with E-state index in [0.717, 1.165) is 32.7 Å². The van der Waals surface area contributed by atoms with Crippen molar-refractivity contribution in [1.82, 2.24) is 15.1 Å². The van der Waals surface area contributed by atoms with Crippen LogP contribution in [0.1, 0.15) is 27.7 Å². The van der Waals surface area contributed by atoms with Gasteiger partial charge in [0.05, 0.1) is 6.04 Å². The van der Waals surface area contributed by atoms with Crippen LogP contribution < -0.4 is 5.32 Å². The quantitative estimate of drug-likeness (QED) is 0.721. The lowest BCUT2D eigenvalue weighted by molar-refractivity contribution is 0.0593. The summed E-state index contributed by atoms with van der Waals surface area (Å²) in [6, 6.07) is 1.52. The van der Waals surface area contributed by atoms with Crippen molar-refractivity contribution >= 4 is 0 Å². The third kappa shape index (κ3) is 4.93. The van der Waals surface area contributed by atoms with Crippen LogP contribution in [0.2, 0.25) is 0 Å². The first-order chi connectivity index (χ1) is 8.54. The summed E-state index contributed by atoms with van der Waals surface area (Å²) in [6.45, 7) is 22.0. The van der Waals surface area contributed by atoms with Crippen molar-refractivity contribution in [3.8, 4) is 0 Å². The molecular formula is C14H28N4. The molecule has 18 heavy (non-hydrogen) atoms. The molecule has 0 aromatic heterocycles. The molecule has 0 unspecified atom stereocenters. The van der Waals surface area contributed by atoms with Crippen LogP contribution in [-0.4, -0.2) is 67.2 Å². The predicted molar refractivity (Wildman–Crippen MR) is 76.7 cm³/mol. The second kappa shape index (κ2) is 7.73. The minimum atomic E-state index is 0.412. The van der Waals surface area contributed by atoms with E-state index in [1.54, 1.807) is 0 Å². The SMILES string of the molecule is [C-]#[N+]C[C@H]1CN(CCNC(C)C)CCN1C(C)C. The number of nitrogens with one attached hydrogen (secondary N) is 1. The van der Waals surface area contributed by atoms with Crippen molar-refractivity contribution in [2.45, 2.75) is 45.8 Å². The van der Waals surface area contributed by atoms with Crippen LogP contribution in [0.4, 0.5) is 0 Å². The standard InChI is InChI=1S/C14H28N4/c1-12(2)16-6-7-17-8-9-18(13(3)4)14(11-17)10-15-5/h12-14,16H,6-11H2,1-4H3/t14-/m0/s1. The van der Waals surface area contributed by atoms with Crippen molar-refractivity contribution in [3.05, 3.63) is 11.4 Å². The van der Waals surface area contributed by atoms with E-state index in [0.29, 0.717) is 24.7 Å². The van der Waals surface area contributed by atoms with Gasteiger partial charge in [-0.25, -0.2) is 6.57 Å². The first-order valence-electron chi connectivity index (χ1n) is 7.09. The normalized spacial score (nSPS) is 22.6. The second-order valence-corrected chi connectivity index (χ2v) is 5.74. The van der Waals surface area contributed by atoms with Crippen molar-refractivity contribution in [3.63, 3.8) is 0 Å². The van der Waals surface area contributed by atoms with Crippen LogP contribution in [0, 0.1) is 6.57 Å². The highest BCUT2D eigenvalue weighted by atomic mass is 15.3. The first-order valence-corrected chi connectivity index (χ1v) is 7.09. The maximum atomic E-state index is 7.10. The number of rotatable bonds is 6. The topological polar surface area (TPSA) is 22.9 Å². The largest absolute Gasteiger partial charge is 0.315 e. The van der Waals surface area contributed by atoms with Crippen LogP contribution >= 0.6 is 0 Å². The van der Waals surface area contributed by atoms with E-state index in [-0.39, 0.29) is 0 Å². The molecule has 0 aliphatic carbocycles. The highest BCUT2D eigenvalue weighted by molar-refractivity contribution is 4.88. The monoisotopic (exact) mass is 252 g/mol. The van der Waals surface area contributed by atoms with E-state index >= 15 is 0 Å². The molecule has 4 nitrogen and oxygen atoms in total. The van der Waals surface area contributed by atoms with Crippen LogP contribution in [0.15, 0.2) is 0 Å². The Morgan fingerprint density at radius 3 is 2.56 bits per heavy atom. The van der Waals surface area contributed by atoms with Crippen LogP contribution in [0.3, 0.4) is 0 Å². The molecule has 1 saturated heterocycles. The Hall–Kier alpha value is -0.630. The summed E-state index contributed by atoms with van der Waals surface area (Å²) in [7, 11) is 0. The third-order valence-corrected chi connectivity index (χ3v) is 3.56. The molecule has 0 bridgehead atoms. The fourth-order valence-electron chi connectivity index (χ4n) is 2.60. The zero-order valence-corrected chi connectivity index (χ0v) is 12.3. The van der Waals surface area contributed by atoms with Gasteiger partial charge in [-0.05, 0) is 13.8 Å². The van der Waals surface area contributed by atoms with E-state index < -0.39 is 0 Å². The summed E-state index contributed by atoms with van der Waals surface area (Å²) in [6.07, 6.45) is 0. The maximum absolute atomic E-state index is 7.10. The zero-order valence-electron chi connectivity index (χ0n) is 12.3. The van der Waals surface area contributed by atoms with Gasteiger partial charge in [-0.3, -0.25) is 9.80 Å². The molecule has 0 aromatic carbocycles. The molecule has 1 N–H and O–H groups in total. The van der Waals surface area contributed by atoms with E-state index in [2.05, 4.69) is 47.7 Å². The molecule has 0 saturated carbocycles. The smallest absolute Gasteiger partial charge is 0.231 e. The van der Waals surface area contributed by atoms with Crippen LogP contribution in [-0.2, 0) is 0 Å². The van der Waals surface area contributed by atoms with Crippen LogP contribution in [0.5, 0.6) is 0 Å². The molecule has 1 fully saturated rings. The Balaban J connectivity index is 2.40. The average Bonchev–Trinajstić information content (AvgIpc) is 2.29. The Bertz CT molecular complexity index is 267. The van der Waals surface area contributed by atoms with Gasteiger partial charge in [0.25, 0.3) is 0 Å². The number of piperazine rings is 1. The molecule has 1 atom stereocenters. The minimum absolute atomic E-state index is 0.412. The van der Waals surface area contributed by atoms with Gasteiger partial charge in [-0.2, -0.15) is 0 Å². The van der Waals surface area contributed by atoms with Crippen molar-refractivity contribution < 1.29 is 0 Å². The number of hydrogen-bond donors (Lipinski definition) is 1. The van der Waals surface area contributed by atoms with Crippen molar-refractivity contribution in [2.75, 3.05) is 39.3 Å². The van der Waals surface area contributed by atoms with E-state index in [1.807, 2.05) is 0 Å². The second-order valence-electron chi connectivity index (χ2n) is 5.74. The summed E-state index contributed by atoms with van der Waals surface area (Å²) in [5.74, 6) is 0. The minimum Gasteiger partial charge on any atom is -0.315 e. The fourth-order valence-corrected chi connectivity index (χ4v) is 2.60. The van der Waals surface area contributed by atoms with E-state index in [9.17, 15) is 0 Å². The highest BCUT2D eigenvalue weighted by Gasteiger charge is 2.30. The molecular weight excluding hydrogens is 224 g/mol. The van der Waals surface area contributed by atoms with Gasteiger partial charge >= 0.3 is 0 Å². The predicted octanol–water partition coefficient (Wildman–Crippen LogP) is 1.30. The molecule has 1 rings (SSSR count). The maximum Gasteiger partial charge on any atom is 0.231 e. The molecule has 0 spiro atoms. The summed E-state index contributed by atoms with van der Waals surface area (Å²) in [4.78, 5) is 8.57. The molecule has 104 valence electrons. The zero-order chi connectivity index (χ0) is 13.5. The Kier molecular flexibility index (Phi) is 6.62. The van der Waals surface area contributed by atoms with Gasteiger partial charge in [0.2, 0.25) is 6.54 Å². The lowest BCUT2D eigenvalue weighted by Gasteiger charge is -2.41. The summed E-state index contributed by atoms with van der Waals surface area (Å²) in [5, 5.41) is 3.46. The molecule has 4 heteroatoms. The van der Waals surface area contributed by atoms with Crippen LogP contribution in [0.25, 0.3) is 4.85 Å². The molecule has 1 aliphatic heterocycles. The van der Waals surface area contributed by atoms with Crippen molar-refractivity contribution in [1.29, 1.82) is 0 Å². The van der Waals surface area contributed by atoms with Crippen molar-refractivity contribution in [2.24, 2.45) is 0 Å². The summed E-state index contributed by atoms with van der Waals surface area (Å²) >= 11 is 0. The van der Waals surface area contributed by atoms with Gasteiger partial charge in [-0.15, -0.1) is 0 Å². The molecule has 0 aromatic rings. The summed E-state index contributed by atoms with van der Waals surface area (Å²) < 4.78 is 0. The van der Waals surface area contributed by atoms with Gasteiger partial charge < -0.3 is 10.2 Å². The number of hydrogen-bond acceptors (Lipinski definition) is 3. The van der Waals surface area contributed by atoms with Gasteiger partial charge in [-0.1, -0.05) is 13.8 Å². The van der Waals surface area contributed by atoms with Gasteiger partial charge in [0, 0.05) is 44.8 Å². The molecule has 1 heterocycles. The van der Waals surface area contributed by atoms with Gasteiger partial charge in [0.15, 0.2) is 0 Å². The Morgan fingerprint density at radius 1 is 1.28 bits per heavy atom. The van der Waals surface area contributed by atoms with E-state index in [4.69, 9.17) is 6.57 Å².